The Morgan fingerprint density at radius 2 is 0.947 bits per heavy atom. The number of esters is 6. The van der Waals surface area contributed by atoms with Crippen molar-refractivity contribution in [3.8, 4) is 0 Å². The molecular formula is C44H35F17O13S. The van der Waals surface area contributed by atoms with Crippen LogP contribution in [0.2, 0.25) is 0 Å². The van der Waals surface area contributed by atoms with E-state index in [-0.39, 0.29) is 18.4 Å². The van der Waals surface area contributed by atoms with Crippen LogP contribution < -0.4 is 0 Å². The van der Waals surface area contributed by atoms with Gasteiger partial charge in [0.1, 0.15) is 29.6 Å². The maximum absolute atomic E-state index is 15.3. The molecule has 0 spiro atoms. The Hall–Kier alpha value is -5.30. The topological polar surface area (TPSA) is 167 Å². The smallest absolute Gasteiger partial charge is 0.460 e. The van der Waals surface area contributed by atoms with E-state index in [0.717, 1.165) is 24.5 Å². The molecule has 7 rings (SSSR count). The van der Waals surface area contributed by atoms with Crippen LogP contribution in [0.25, 0.3) is 6.08 Å². The van der Waals surface area contributed by atoms with Crippen molar-refractivity contribution in [2.75, 3.05) is 12.4 Å². The number of thioether (sulfide) groups is 1. The second-order valence-corrected chi connectivity index (χ2v) is 19.0. The van der Waals surface area contributed by atoms with Gasteiger partial charge in [0.25, 0.3) is 0 Å². The van der Waals surface area contributed by atoms with Crippen LogP contribution in [-0.2, 0) is 61.9 Å². The van der Waals surface area contributed by atoms with Gasteiger partial charge in [0, 0.05) is 11.7 Å². The first kappa shape index (κ1) is 57.4. The van der Waals surface area contributed by atoms with Crippen LogP contribution >= 0.6 is 11.8 Å². The van der Waals surface area contributed by atoms with Crippen LogP contribution in [-0.4, -0.2) is 138 Å². The zero-order valence-corrected chi connectivity index (χ0v) is 38.1. The van der Waals surface area contributed by atoms with Gasteiger partial charge >= 0.3 is 83.4 Å². The minimum absolute atomic E-state index is 0.0488. The Morgan fingerprint density at radius 1 is 0.520 bits per heavy atom. The average molecular weight is 1130 g/mol. The first-order valence-corrected chi connectivity index (χ1v) is 22.9. The summed E-state index contributed by atoms with van der Waals surface area (Å²) in [6, 6.07) is 8.45. The molecule has 6 aliphatic heterocycles. The van der Waals surface area contributed by atoms with Gasteiger partial charge in [-0.05, 0) is 30.7 Å². The number of rotatable bonds is 20. The molecule has 6 saturated heterocycles. The summed E-state index contributed by atoms with van der Waals surface area (Å²) in [6.07, 6.45) is -13.6. The standard InChI is InChI=1S/C44H35F17O13S/c1-2-68-14-12-21-26-28(35(66)73-33(26)64)22(70-21)16-23(75-15-13-37(45,46)38(47,48)39(49,50)40(51,52)41(53,54)42(55,56)43(57,58)44(59,60)61)30-29-27(34(65)74-36(29)67)20(71-30)11-10-19-25-24(31(62)72-32(25)63)18(69-19)9-8-17-6-4-3-5-7-17/h3-12,14,18-30H,2,13,15-16H2,1H3/b9-8-,11-10+,14-12+/t18?,19?,20?,21?,22?,23?,24-,25+,26+,27+,28-,29+,30?/m1/s1. The van der Waals surface area contributed by atoms with Crippen LogP contribution in [0.3, 0.4) is 0 Å². The van der Waals surface area contributed by atoms with Crippen LogP contribution in [0.1, 0.15) is 25.3 Å². The zero-order chi connectivity index (χ0) is 55.8. The number of fused-ring (bicyclic) bond motifs is 3. The van der Waals surface area contributed by atoms with Gasteiger partial charge in [-0.1, -0.05) is 54.6 Å². The molecule has 6 aliphatic rings. The van der Waals surface area contributed by atoms with Crippen LogP contribution in [0.15, 0.2) is 60.9 Å². The van der Waals surface area contributed by atoms with Crippen molar-refractivity contribution in [1.29, 1.82) is 0 Å². The van der Waals surface area contributed by atoms with Gasteiger partial charge < -0.3 is 33.2 Å². The molecule has 0 bridgehead atoms. The summed E-state index contributed by atoms with van der Waals surface area (Å²) < 4.78 is 277. The third-order valence-electron chi connectivity index (χ3n) is 13.2. The minimum Gasteiger partial charge on any atom is -0.502 e. The first-order chi connectivity index (χ1) is 34.6. The van der Waals surface area contributed by atoms with Crippen molar-refractivity contribution < 1.29 is 137 Å². The average Bonchev–Trinajstić information content (AvgIpc) is 4.15. The molecule has 6 fully saturated rings. The fourth-order valence-corrected chi connectivity index (χ4v) is 10.8. The fourth-order valence-electron chi connectivity index (χ4n) is 9.35. The molecule has 13 nitrogen and oxygen atoms in total. The third-order valence-corrected chi connectivity index (χ3v) is 14.5. The Kier molecular flexibility index (Phi) is 15.3. The summed E-state index contributed by atoms with van der Waals surface area (Å²) in [5, 5.41) is -1.88. The van der Waals surface area contributed by atoms with Crippen molar-refractivity contribution in [2.24, 2.45) is 35.5 Å². The number of carbonyl (C=O) groups is 6. The lowest BCUT2D eigenvalue weighted by atomic mass is 9.84. The zero-order valence-electron chi connectivity index (χ0n) is 37.3. The molecule has 0 radical (unpaired) electrons. The second kappa shape index (κ2) is 19.9. The van der Waals surface area contributed by atoms with Crippen LogP contribution in [0.5, 0.6) is 0 Å². The molecule has 414 valence electrons. The van der Waals surface area contributed by atoms with Gasteiger partial charge in [0.2, 0.25) is 0 Å². The van der Waals surface area contributed by atoms with Gasteiger partial charge in [0.05, 0.1) is 55.4 Å². The molecule has 13 atom stereocenters. The van der Waals surface area contributed by atoms with E-state index in [1.165, 1.54) is 13.0 Å². The summed E-state index contributed by atoms with van der Waals surface area (Å²) in [6.45, 7) is 1.58. The molecule has 0 aliphatic carbocycles. The maximum atomic E-state index is 15.3. The summed E-state index contributed by atoms with van der Waals surface area (Å²) in [5.74, 6) is -76.4. The van der Waals surface area contributed by atoms with Crippen molar-refractivity contribution in [1.82, 2.24) is 0 Å². The van der Waals surface area contributed by atoms with Crippen molar-refractivity contribution in [3.63, 3.8) is 0 Å². The van der Waals surface area contributed by atoms with Crippen LogP contribution in [0, 0.1) is 35.5 Å². The monoisotopic (exact) mass is 1130 g/mol. The summed E-state index contributed by atoms with van der Waals surface area (Å²) in [5.41, 5.74) is 0.636. The SMILES string of the molecule is CCO/C=C/C1OC(CC(SCCC(F)(F)C(F)(F)C(F)(F)C(F)(F)C(F)(F)C(F)(F)C(F)(F)C(F)(F)F)C2OC(/C=C/C3OC(/C=C\c4ccccc4)[C@H]4C(=O)OC(=O)[C@@H]34)[C@@H]3C(=O)OC(=O)[C@H]23)[C@H]2C(=O)OC(=O)[C@@H]12. The number of halogens is 17. The molecule has 1 aromatic carbocycles. The van der Waals surface area contributed by atoms with E-state index < -0.39 is 179 Å². The van der Waals surface area contributed by atoms with E-state index >= 15 is 8.78 Å². The van der Waals surface area contributed by atoms with E-state index in [0.29, 0.717) is 5.56 Å². The highest BCUT2D eigenvalue weighted by molar-refractivity contribution is 7.99. The van der Waals surface area contributed by atoms with Crippen molar-refractivity contribution in [3.05, 3.63) is 66.5 Å². The molecule has 75 heavy (non-hydrogen) atoms. The predicted molar refractivity (Wildman–Crippen MR) is 212 cm³/mol. The number of carbonyl (C=O) groups excluding carboxylic acids is 6. The van der Waals surface area contributed by atoms with Gasteiger partial charge in [-0.15, -0.1) is 0 Å². The lowest BCUT2D eigenvalue weighted by Gasteiger charge is -2.42. The normalized spacial score (nSPS) is 31.4. The minimum atomic E-state index is -8.85. The largest absolute Gasteiger partial charge is 0.502 e. The quantitative estimate of drug-likeness (QED) is 0.0308. The lowest BCUT2D eigenvalue weighted by molar-refractivity contribution is -0.461. The van der Waals surface area contributed by atoms with Crippen molar-refractivity contribution >= 4 is 53.7 Å². The van der Waals surface area contributed by atoms with E-state index in [9.17, 15) is 94.6 Å². The molecule has 31 heteroatoms. The van der Waals surface area contributed by atoms with Gasteiger partial charge in [-0.3, -0.25) is 28.8 Å². The second-order valence-electron chi connectivity index (χ2n) is 17.6. The highest BCUT2D eigenvalue weighted by Crippen LogP contribution is 2.64. The number of alkyl halides is 17. The molecule has 7 unspecified atom stereocenters. The maximum Gasteiger partial charge on any atom is 0.460 e. The highest BCUT2D eigenvalue weighted by atomic mass is 32.2. The van der Waals surface area contributed by atoms with Crippen molar-refractivity contribution in [2.45, 2.75) is 109 Å². The van der Waals surface area contributed by atoms with E-state index in [1.807, 2.05) is 0 Å². The molecular weight excluding hydrogens is 1090 g/mol. The molecule has 0 N–H and O–H groups in total. The van der Waals surface area contributed by atoms with E-state index in [2.05, 4.69) is 0 Å². The number of hydrogen-bond donors (Lipinski definition) is 0. The number of ether oxygens (including phenoxy) is 7. The lowest BCUT2D eigenvalue weighted by Crippen LogP contribution is -2.74. The Morgan fingerprint density at radius 3 is 1.47 bits per heavy atom. The summed E-state index contributed by atoms with van der Waals surface area (Å²) >= 11 is -0.141. The summed E-state index contributed by atoms with van der Waals surface area (Å²) in [7, 11) is 0. The molecule has 0 aromatic heterocycles. The third kappa shape index (κ3) is 9.46. The molecule has 0 saturated carbocycles. The summed E-state index contributed by atoms with van der Waals surface area (Å²) in [4.78, 5) is 78.0. The molecule has 1 aromatic rings. The number of hydrogen-bond acceptors (Lipinski definition) is 14. The Bertz CT molecular complexity index is 2500. The van der Waals surface area contributed by atoms with Gasteiger partial charge in [0.15, 0.2) is 0 Å². The Balaban J connectivity index is 1.18. The number of benzene rings is 1. The Labute approximate surface area is 413 Å². The van der Waals surface area contributed by atoms with Gasteiger partial charge in [-0.25, -0.2) is 0 Å². The molecule has 0 amide bonds. The number of cyclic esters (lactones) is 6. The first-order valence-electron chi connectivity index (χ1n) is 21.9. The predicted octanol–water partition coefficient (Wildman–Crippen LogP) is 7.95. The van der Waals surface area contributed by atoms with Crippen LogP contribution in [0.4, 0.5) is 74.6 Å². The fraction of sp³-hybridized carbons (Fsp3) is 0.591. The van der Waals surface area contributed by atoms with E-state index in [1.54, 1.807) is 36.4 Å². The molecule has 6 heterocycles. The highest BCUT2D eigenvalue weighted by Gasteiger charge is 2.95. The van der Waals surface area contributed by atoms with Gasteiger partial charge in [-0.2, -0.15) is 86.4 Å². The van der Waals surface area contributed by atoms with E-state index in [4.69, 9.17) is 33.2 Å².